The molecule has 36 heavy (non-hydrogen) atoms. The third-order valence-corrected chi connectivity index (χ3v) is 7.22. The first-order chi connectivity index (χ1) is 17.4. The molecular formula is C29H28N4O2S. The van der Waals surface area contributed by atoms with Gasteiger partial charge in [0.15, 0.2) is 0 Å². The summed E-state index contributed by atoms with van der Waals surface area (Å²) in [5, 5.41) is 7.45. The van der Waals surface area contributed by atoms with Crippen LogP contribution in [0.1, 0.15) is 41.1 Å². The van der Waals surface area contributed by atoms with Gasteiger partial charge in [0, 0.05) is 16.2 Å². The fourth-order valence-electron chi connectivity index (χ4n) is 4.32. The van der Waals surface area contributed by atoms with E-state index in [1.165, 1.54) is 5.56 Å². The van der Waals surface area contributed by atoms with Crippen LogP contribution in [0.3, 0.4) is 0 Å². The number of allylic oxidation sites excluding steroid dienone is 1. The maximum atomic E-state index is 13.3. The van der Waals surface area contributed by atoms with Gasteiger partial charge in [0.25, 0.3) is 5.89 Å². The van der Waals surface area contributed by atoms with Crippen molar-refractivity contribution in [3.05, 3.63) is 107 Å². The summed E-state index contributed by atoms with van der Waals surface area (Å²) in [5.41, 5.74) is 6.81. The van der Waals surface area contributed by atoms with Gasteiger partial charge < -0.3 is 9.84 Å². The Morgan fingerprint density at radius 3 is 2.19 bits per heavy atom. The molecule has 1 aliphatic heterocycles. The minimum Gasteiger partial charge on any atom is -0.334 e. The van der Waals surface area contributed by atoms with E-state index >= 15 is 0 Å². The number of amides is 2. The van der Waals surface area contributed by atoms with E-state index in [1.54, 1.807) is 16.7 Å². The van der Waals surface area contributed by atoms with Gasteiger partial charge in [0.1, 0.15) is 0 Å². The molecule has 182 valence electrons. The Hall–Kier alpha value is -3.84. The van der Waals surface area contributed by atoms with E-state index in [0.29, 0.717) is 18.3 Å². The number of hydrogen-bond acceptors (Lipinski definition) is 5. The number of nitrogens with zero attached hydrogens (tertiary/aromatic N) is 3. The first kappa shape index (κ1) is 23.9. The van der Waals surface area contributed by atoms with Gasteiger partial charge in [0.05, 0.1) is 18.2 Å². The van der Waals surface area contributed by atoms with Crippen molar-refractivity contribution in [2.45, 2.75) is 38.3 Å². The molecule has 0 spiro atoms. The largest absolute Gasteiger partial charge is 0.334 e. The number of aromatic nitrogens is 2. The van der Waals surface area contributed by atoms with Crippen molar-refractivity contribution in [2.24, 2.45) is 0 Å². The van der Waals surface area contributed by atoms with Gasteiger partial charge in [-0.25, -0.2) is 4.79 Å². The molecule has 3 aromatic carbocycles. The van der Waals surface area contributed by atoms with Crippen LogP contribution in [0.4, 0.5) is 4.79 Å². The fourth-order valence-corrected chi connectivity index (χ4v) is 4.73. The van der Waals surface area contributed by atoms with Crippen LogP contribution in [-0.2, 0) is 6.54 Å². The van der Waals surface area contributed by atoms with Gasteiger partial charge in [-0.15, -0.1) is 11.8 Å². The monoisotopic (exact) mass is 496 g/mol. The first-order valence-electron chi connectivity index (χ1n) is 11.8. The van der Waals surface area contributed by atoms with Crippen molar-refractivity contribution >= 4 is 23.4 Å². The summed E-state index contributed by atoms with van der Waals surface area (Å²) in [6.07, 6.45) is 2.04. The van der Waals surface area contributed by atoms with Crippen LogP contribution >= 0.6 is 11.8 Å². The molecule has 0 radical (unpaired) electrons. The van der Waals surface area contributed by atoms with Gasteiger partial charge in [-0.3, -0.25) is 4.90 Å². The lowest BCUT2D eigenvalue weighted by Gasteiger charge is -2.35. The Balaban J connectivity index is 1.58. The second-order valence-electron chi connectivity index (χ2n) is 9.02. The van der Waals surface area contributed by atoms with E-state index in [0.717, 1.165) is 38.4 Å². The van der Waals surface area contributed by atoms with Gasteiger partial charge in [0.2, 0.25) is 5.82 Å². The second kappa shape index (κ2) is 10.0. The summed E-state index contributed by atoms with van der Waals surface area (Å²) < 4.78 is 5.80. The van der Waals surface area contributed by atoms with E-state index in [9.17, 15) is 4.79 Å². The SMILES string of the molecule is CSc1ccc(C2NC(=O)N(Cc3ccc(C)cc3)C(C)=C2c2nc(-c3ccc(C)cc3)no2)cc1. The molecule has 5 rings (SSSR count). The number of urea groups is 1. The standard InChI is InChI=1S/C29H28N4O2S/c1-18-5-9-21(10-6-18)17-33-20(3)25(26(30-29(33)34)22-13-15-24(36-4)16-14-22)28-31-27(32-35-28)23-11-7-19(2)8-12-23/h5-16,26H,17H2,1-4H3,(H,30,34). The second-order valence-corrected chi connectivity index (χ2v) is 9.90. The van der Waals surface area contributed by atoms with Crippen molar-refractivity contribution in [1.29, 1.82) is 0 Å². The highest BCUT2D eigenvalue weighted by molar-refractivity contribution is 7.98. The number of rotatable bonds is 6. The number of carbonyl (C=O) groups excluding carboxylic acids is 1. The summed E-state index contributed by atoms with van der Waals surface area (Å²) in [4.78, 5) is 21.0. The summed E-state index contributed by atoms with van der Waals surface area (Å²) >= 11 is 1.68. The quantitative estimate of drug-likeness (QED) is 0.298. The predicted octanol–water partition coefficient (Wildman–Crippen LogP) is 6.77. The summed E-state index contributed by atoms with van der Waals surface area (Å²) in [6.45, 7) is 6.48. The molecule has 1 unspecified atom stereocenters. The number of carbonyl (C=O) groups is 1. The summed E-state index contributed by atoms with van der Waals surface area (Å²) in [7, 11) is 0. The van der Waals surface area contributed by atoms with Crippen molar-refractivity contribution in [3.63, 3.8) is 0 Å². The molecule has 7 heteroatoms. The fraction of sp³-hybridized carbons (Fsp3) is 0.207. The van der Waals surface area contributed by atoms with E-state index in [2.05, 4.69) is 41.7 Å². The highest BCUT2D eigenvalue weighted by Crippen LogP contribution is 2.38. The smallest absolute Gasteiger partial charge is 0.322 e. The van der Waals surface area contributed by atoms with E-state index in [4.69, 9.17) is 9.51 Å². The molecule has 0 saturated carbocycles. The zero-order valence-electron chi connectivity index (χ0n) is 20.8. The van der Waals surface area contributed by atoms with Crippen LogP contribution in [0.25, 0.3) is 17.0 Å². The zero-order chi connectivity index (χ0) is 25.2. The van der Waals surface area contributed by atoms with E-state index in [1.807, 2.05) is 68.6 Å². The highest BCUT2D eigenvalue weighted by atomic mass is 32.2. The first-order valence-corrected chi connectivity index (χ1v) is 13.0. The average Bonchev–Trinajstić information content (AvgIpc) is 3.37. The van der Waals surface area contributed by atoms with Crippen molar-refractivity contribution in [3.8, 4) is 11.4 Å². The van der Waals surface area contributed by atoms with Crippen molar-refractivity contribution < 1.29 is 9.32 Å². The topological polar surface area (TPSA) is 71.3 Å². The molecule has 1 aromatic heterocycles. The molecule has 0 saturated heterocycles. The lowest BCUT2D eigenvalue weighted by Crippen LogP contribution is -2.45. The average molecular weight is 497 g/mol. The van der Waals surface area contributed by atoms with Crippen molar-refractivity contribution in [2.75, 3.05) is 6.26 Å². The number of aryl methyl sites for hydroxylation is 2. The molecule has 0 bridgehead atoms. The lowest BCUT2D eigenvalue weighted by molar-refractivity contribution is 0.203. The molecule has 4 aromatic rings. The summed E-state index contributed by atoms with van der Waals surface area (Å²) in [6, 6.07) is 23.8. The molecule has 0 aliphatic carbocycles. The van der Waals surface area contributed by atoms with Gasteiger partial charge in [-0.1, -0.05) is 76.9 Å². The zero-order valence-corrected chi connectivity index (χ0v) is 21.6. The molecule has 0 fully saturated rings. The number of benzene rings is 3. The molecule has 1 aliphatic rings. The molecule has 6 nitrogen and oxygen atoms in total. The van der Waals surface area contributed by atoms with Crippen LogP contribution in [0.5, 0.6) is 0 Å². The molecular weight excluding hydrogens is 468 g/mol. The Kier molecular flexibility index (Phi) is 6.65. The minimum atomic E-state index is -0.408. The summed E-state index contributed by atoms with van der Waals surface area (Å²) in [5.74, 6) is 0.916. The van der Waals surface area contributed by atoms with E-state index < -0.39 is 6.04 Å². The van der Waals surface area contributed by atoms with Crippen LogP contribution in [0.15, 0.2) is 87.9 Å². The lowest BCUT2D eigenvalue weighted by atomic mass is 9.94. The molecule has 1 atom stereocenters. The Labute approximate surface area is 215 Å². The number of thioether (sulfide) groups is 1. The highest BCUT2D eigenvalue weighted by Gasteiger charge is 2.35. The van der Waals surface area contributed by atoms with Crippen LogP contribution in [0.2, 0.25) is 0 Å². The third kappa shape index (κ3) is 4.79. The van der Waals surface area contributed by atoms with Crippen LogP contribution < -0.4 is 5.32 Å². The van der Waals surface area contributed by atoms with E-state index in [-0.39, 0.29) is 6.03 Å². The predicted molar refractivity (Wildman–Crippen MR) is 143 cm³/mol. The Morgan fingerprint density at radius 2 is 1.56 bits per heavy atom. The van der Waals surface area contributed by atoms with Crippen LogP contribution in [-0.4, -0.2) is 27.3 Å². The third-order valence-electron chi connectivity index (χ3n) is 6.47. The Bertz CT molecular complexity index is 1410. The minimum absolute atomic E-state index is 0.158. The maximum Gasteiger partial charge on any atom is 0.322 e. The number of nitrogens with one attached hydrogen (secondary N) is 1. The van der Waals surface area contributed by atoms with Gasteiger partial charge in [-0.2, -0.15) is 4.98 Å². The molecule has 2 amide bonds. The van der Waals surface area contributed by atoms with Crippen molar-refractivity contribution in [1.82, 2.24) is 20.4 Å². The molecule has 1 N–H and O–H groups in total. The van der Waals surface area contributed by atoms with Gasteiger partial charge >= 0.3 is 6.03 Å². The van der Waals surface area contributed by atoms with Gasteiger partial charge in [-0.05, 0) is 50.3 Å². The van der Waals surface area contributed by atoms with Crippen LogP contribution in [0, 0.1) is 13.8 Å². The normalized spacial score (nSPS) is 15.8. The Morgan fingerprint density at radius 1 is 0.917 bits per heavy atom. The number of hydrogen-bond donors (Lipinski definition) is 1. The molecule has 2 heterocycles. The maximum absolute atomic E-state index is 13.3.